The van der Waals surface area contributed by atoms with E-state index in [1.807, 2.05) is 30.3 Å². The molecule has 2 atom stereocenters. The molecule has 10 heteroatoms. The quantitative estimate of drug-likeness (QED) is 0.258. The second kappa shape index (κ2) is 10.1. The minimum atomic E-state index is -1.01. The van der Waals surface area contributed by atoms with Crippen LogP contribution in [0.25, 0.3) is 0 Å². The molecule has 0 aromatic heterocycles. The zero-order valence-electron chi connectivity index (χ0n) is 20.4. The average molecular weight is 507 g/mol. The van der Waals surface area contributed by atoms with Crippen LogP contribution in [0, 0.1) is 10.1 Å². The maximum atomic E-state index is 13.7. The number of hydrogen-bond donors (Lipinski definition) is 1. The molecule has 2 aliphatic heterocycles. The number of nitro benzene ring substituents is 1. The van der Waals surface area contributed by atoms with Crippen LogP contribution in [0.2, 0.25) is 0 Å². The summed E-state index contributed by atoms with van der Waals surface area (Å²) in [6.07, 6.45) is 0.730. The first-order valence-corrected chi connectivity index (χ1v) is 11.9. The van der Waals surface area contributed by atoms with E-state index in [2.05, 4.69) is 5.32 Å². The van der Waals surface area contributed by atoms with Gasteiger partial charge in [-0.25, -0.2) is 4.79 Å². The van der Waals surface area contributed by atoms with Crippen LogP contribution in [-0.4, -0.2) is 43.8 Å². The lowest BCUT2D eigenvalue weighted by Gasteiger charge is -2.36. The van der Waals surface area contributed by atoms with E-state index in [0.717, 1.165) is 5.56 Å². The van der Waals surface area contributed by atoms with Crippen molar-refractivity contribution in [2.75, 3.05) is 27.1 Å². The lowest BCUT2D eigenvalue weighted by Crippen LogP contribution is -2.36. The summed E-state index contributed by atoms with van der Waals surface area (Å²) in [4.78, 5) is 38.7. The molecule has 3 aliphatic rings. The van der Waals surface area contributed by atoms with Crippen LogP contribution in [-0.2, 0) is 19.1 Å². The Balaban J connectivity index is 1.65. The summed E-state index contributed by atoms with van der Waals surface area (Å²) in [5.41, 5.74) is 2.53. The van der Waals surface area contributed by atoms with Crippen molar-refractivity contribution in [2.24, 2.45) is 0 Å². The summed E-state index contributed by atoms with van der Waals surface area (Å²) < 4.78 is 21.2. The first kappa shape index (κ1) is 24.5. The van der Waals surface area contributed by atoms with Gasteiger partial charge >= 0.3 is 5.97 Å². The van der Waals surface area contributed by atoms with Crippen molar-refractivity contribution in [1.82, 2.24) is 5.32 Å². The Morgan fingerprint density at radius 2 is 1.86 bits per heavy atom. The van der Waals surface area contributed by atoms with E-state index in [4.69, 9.17) is 18.9 Å². The van der Waals surface area contributed by atoms with Gasteiger partial charge in [-0.3, -0.25) is 14.9 Å². The first-order valence-electron chi connectivity index (χ1n) is 11.9. The second-order valence-corrected chi connectivity index (χ2v) is 9.08. The number of ether oxygens (including phenoxy) is 4. The number of carbonyl (C=O) groups excluding carboxylic acids is 2. The van der Waals surface area contributed by atoms with Crippen molar-refractivity contribution in [1.29, 1.82) is 0 Å². The normalized spacial score (nSPS) is 20.4. The van der Waals surface area contributed by atoms with Gasteiger partial charge < -0.3 is 24.3 Å². The maximum Gasteiger partial charge on any atom is 0.336 e. The van der Waals surface area contributed by atoms with Crippen molar-refractivity contribution in [2.45, 2.75) is 31.6 Å². The lowest BCUT2D eigenvalue weighted by molar-refractivity contribution is -0.385. The number of hydrogen-bond acceptors (Lipinski definition) is 9. The Kier molecular flexibility index (Phi) is 6.66. The molecule has 0 radical (unpaired) electrons. The van der Waals surface area contributed by atoms with Crippen LogP contribution in [0.3, 0.4) is 0 Å². The topological polar surface area (TPSA) is 126 Å². The van der Waals surface area contributed by atoms with Crippen molar-refractivity contribution >= 4 is 17.4 Å². The Morgan fingerprint density at radius 1 is 1.14 bits per heavy atom. The Hall–Kier alpha value is -4.18. The molecule has 0 bridgehead atoms. The van der Waals surface area contributed by atoms with Crippen molar-refractivity contribution in [3.8, 4) is 11.5 Å². The Bertz CT molecular complexity index is 1330. The maximum absolute atomic E-state index is 13.7. The summed E-state index contributed by atoms with van der Waals surface area (Å²) in [5, 5.41) is 15.4. The van der Waals surface area contributed by atoms with Gasteiger partial charge in [0.1, 0.15) is 6.61 Å². The number of allylic oxidation sites excluding steroid dienone is 3. The van der Waals surface area contributed by atoms with Crippen molar-refractivity contribution < 1.29 is 33.5 Å². The fourth-order valence-electron chi connectivity index (χ4n) is 5.21. The third kappa shape index (κ3) is 4.55. The van der Waals surface area contributed by atoms with Crippen LogP contribution >= 0.6 is 0 Å². The van der Waals surface area contributed by atoms with Crippen LogP contribution in [0.4, 0.5) is 5.69 Å². The number of benzene rings is 2. The van der Waals surface area contributed by atoms with Gasteiger partial charge in [-0.15, -0.1) is 0 Å². The van der Waals surface area contributed by atoms with E-state index < -0.39 is 16.8 Å². The zero-order valence-corrected chi connectivity index (χ0v) is 20.4. The van der Waals surface area contributed by atoms with Gasteiger partial charge in [0.25, 0.3) is 5.69 Å². The Morgan fingerprint density at radius 3 is 2.57 bits per heavy atom. The van der Waals surface area contributed by atoms with E-state index in [1.165, 1.54) is 19.2 Å². The SMILES string of the molecule is COCCOC(=O)C1=C(C)NC2=C(C(=O)C[C@H](c3ccccc3)C2)[C@H]1c1cc2c(cc1[N+](=O)[O-])OCO2. The van der Waals surface area contributed by atoms with Crippen LogP contribution in [0.15, 0.2) is 65.0 Å². The predicted octanol–water partition coefficient (Wildman–Crippen LogP) is 3.87. The minimum Gasteiger partial charge on any atom is -0.460 e. The Labute approximate surface area is 213 Å². The van der Waals surface area contributed by atoms with E-state index in [9.17, 15) is 19.7 Å². The standard InChI is InChI=1S/C27H26N2O8/c1-15-24(27(31)35-9-8-34-2)25(18-12-22-23(37-14-36-22)13-20(18)29(32)33)26-19(28-15)10-17(11-21(26)30)16-6-4-3-5-7-16/h3-7,12-13,17,25,28H,8-11,14H2,1-2H3/t17-,25+/m1/s1. The summed E-state index contributed by atoms with van der Waals surface area (Å²) in [6.45, 7) is 1.82. The van der Waals surface area contributed by atoms with Gasteiger partial charge in [-0.1, -0.05) is 30.3 Å². The van der Waals surface area contributed by atoms with Crippen molar-refractivity contribution in [3.05, 3.63) is 86.2 Å². The average Bonchev–Trinajstić information content (AvgIpc) is 3.35. The number of rotatable bonds is 7. The highest BCUT2D eigenvalue weighted by molar-refractivity contribution is 6.04. The smallest absolute Gasteiger partial charge is 0.336 e. The molecule has 1 N–H and O–H groups in total. The number of esters is 1. The molecule has 10 nitrogen and oxygen atoms in total. The molecule has 5 rings (SSSR count). The van der Waals surface area contributed by atoms with Gasteiger partial charge in [0, 0.05) is 36.1 Å². The third-order valence-electron chi connectivity index (χ3n) is 6.87. The first-order chi connectivity index (χ1) is 17.9. The molecule has 0 saturated carbocycles. The van der Waals surface area contributed by atoms with E-state index in [1.54, 1.807) is 6.92 Å². The number of methoxy groups -OCH3 is 1. The minimum absolute atomic E-state index is 0.00199. The number of ketones is 1. The van der Waals surface area contributed by atoms with Crippen LogP contribution in [0.1, 0.15) is 42.7 Å². The van der Waals surface area contributed by atoms with Crippen molar-refractivity contribution in [3.63, 3.8) is 0 Å². The number of nitrogens with one attached hydrogen (secondary N) is 1. The molecular formula is C27H26N2O8. The molecule has 2 aromatic carbocycles. The highest BCUT2D eigenvalue weighted by atomic mass is 16.7. The number of nitro groups is 1. The number of Topliss-reactive ketones (excluding diaryl/α,β-unsaturated/α-hetero) is 1. The summed E-state index contributed by atoms with van der Waals surface area (Å²) in [5.74, 6) is -1.38. The summed E-state index contributed by atoms with van der Waals surface area (Å²) >= 11 is 0. The molecular weight excluding hydrogens is 480 g/mol. The second-order valence-electron chi connectivity index (χ2n) is 9.08. The molecule has 0 saturated heterocycles. The van der Waals surface area contributed by atoms with Gasteiger partial charge in [0.15, 0.2) is 17.3 Å². The zero-order chi connectivity index (χ0) is 26.1. The molecule has 0 fully saturated rings. The number of dihydropyridines is 1. The molecule has 2 heterocycles. The van der Waals surface area contributed by atoms with Gasteiger partial charge in [-0.05, 0) is 30.9 Å². The lowest BCUT2D eigenvalue weighted by atomic mass is 9.71. The molecule has 0 spiro atoms. The predicted molar refractivity (Wildman–Crippen MR) is 131 cm³/mol. The van der Waals surface area contributed by atoms with Gasteiger partial charge in [0.05, 0.1) is 29.1 Å². The fraction of sp³-hybridized carbons (Fsp3) is 0.333. The van der Waals surface area contributed by atoms with Gasteiger partial charge in [0.2, 0.25) is 6.79 Å². The molecule has 0 amide bonds. The molecule has 1 aliphatic carbocycles. The van der Waals surface area contributed by atoms with E-state index in [-0.39, 0.29) is 60.7 Å². The monoisotopic (exact) mass is 506 g/mol. The van der Waals surface area contributed by atoms with E-state index in [0.29, 0.717) is 29.1 Å². The molecule has 2 aromatic rings. The third-order valence-corrected chi connectivity index (χ3v) is 6.87. The number of nitrogens with zero attached hydrogens (tertiary/aromatic N) is 1. The van der Waals surface area contributed by atoms with Crippen LogP contribution < -0.4 is 14.8 Å². The van der Waals surface area contributed by atoms with Gasteiger partial charge in [-0.2, -0.15) is 0 Å². The summed E-state index contributed by atoms with van der Waals surface area (Å²) in [6, 6.07) is 12.5. The molecule has 192 valence electrons. The number of fused-ring (bicyclic) bond motifs is 1. The summed E-state index contributed by atoms with van der Waals surface area (Å²) in [7, 11) is 1.49. The molecule has 0 unspecified atom stereocenters. The molecule has 37 heavy (non-hydrogen) atoms. The number of carbonyl (C=O) groups is 2. The van der Waals surface area contributed by atoms with E-state index >= 15 is 0 Å². The fourth-order valence-corrected chi connectivity index (χ4v) is 5.21. The highest BCUT2D eigenvalue weighted by Crippen LogP contribution is 2.50. The largest absolute Gasteiger partial charge is 0.460 e. The van der Waals surface area contributed by atoms with Crippen LogP contribution in [0.5, 0.6) is 11.5 Å². The highest BCUT2D eigenvalue weighted by Gasteiger charge is 2.44.